The molecule has 1 saturated heterocycles. The molecule has 2 aromatic carbocycles. The van der Waals surface area contributed by atoms with Gasteiger partial charge in [0.1, 0.15) is 24.6 Å². The van der Waals surface area contributed by atoms with E-state index in [9.17, 15) is 36.0 Å². The second kappa shape index (κ2) is 11.9. The van der Waals surface area contributed by atoms with Gasteiger partial charge in [-0.1, -0.05) is 30.0 Å². The van der Waals surface area contributed by atoms with Crippen molar-refractivity contribution in [1.82, 2.24) is 0 Å². The summed E-state index contributed by atoms with van der Waals surface area (Å²) in [6.07, 6.45) is -6.74. The summed E-state index contributed by atoms with van der Waals surface area (Å²) in [6.45, 7) is 2.38. The third-order valence-electron chi connectivity index (χ3n) is 7.70. The van der Waals surface area contributed by atoms with Crippen molar-refractivity contribution in [3.8, 4) is 23.3 Å². The van der Waals surface area contributed by atoms with E-state index in [0.717, 1.165) is 18.2 Å². The van der Waals surface area contributed by atoms with Crippen molar-refractivity contribution in [3.63, 3.8) is 0 Å². The first-order valence-corrected chi connectivity index (χ1v) is 15.3. The monoisotopic (exact) mass is 652 g/mol. The molecule has 3 aliphatic rings. The number of esters is 3. The van der Waals surface area contributed by atoms with E-state index >= 15 is 0 Å². The number of hydrogen-bond donors (Lipinski definition) is 1. The van der Waals surface area contributed by atoms with E-state index in [0.29, 0.717) is 5.56 Å². The summed E-state index contributed by atoms with van der Waals surface area (Å²) in [5, 5.41) is 0. The second-order valence-electron chi connectivity index (χ2n) is 11.3. The molecule has 3 fully saturated rings. The molecule has 2 bridgehead atoms. The van der Waals surface area contributed by atoms with Crippen LogP contribution in [-0.2, 0) is 33.9 Å². The molecule has 0 aromatic heterocycles. The number of carbonyl (C=O) groups excluding carboxylic acids is 3. The van der Waals surface area contributed by atoms with Crippen molar-refractivity contribution in [1.29, 1.82) is 0 Å². The number of rotatable bonds is 9. The molecule has 0 spiro atoms. The highest BCUT2D eigenvalue weighted by Gasteiger charge is 2.70. The van der Waals surface area contributed by atoms with Gasteiger partial charge in [0.25, 0.3) is 10.1 Å². The Kier molecular flexibility index (Phi) is 8.49. The fraction of sp³-hybridized carbons (Fsp3) is 0.433. The third-order valence-corrected chi connectivity index (χ3v) is 8.38. The lowest BCUT2D eigenvalue weighted by atomic mass is 9.78. The van der Waals surface area contributed by atoms with Crippen LogP contribution in [0.15, 0.2) is 48.5 Å². The second-order valence-corrected chi connectivity index (χ2v) is 12.8. The van der Waals surface area contributed by atoms with Gasteiger partial charge >= 0.3 is 24.3 Å². The maximum Gasteiger partial charge on any atom is 0.573 e. The molecule has 240 valence electrons. The molecule has 2 aliphatic carbocycles. The number of benzene rings is 2. The van der Waals surface area contributed by atoms with Crippen LogP contribution in [0.4, 0.5) is 13.2 Å². The molecule has 1 N–H and O–H groups in total. The van der Waals surface area contributed by atoms with Crippen molar-refractivity contribution >= 4 is 28.0 Å². The molecule has 2 saturated carbocycles. The summed E-state index contributed by atoms with van der Waals surface area (Å²) in [6, 6.07) is 11.7. The number of alkyl halides is 3. The number of fused-ring (bicyclic) bond motifs is 1. The molecule has 0 radical (unpaired) electrons. The van der Waals surface area contributed by atoms with Crippen LogP contribution in [-0.4, -0.2) is 67.4 Å². The molecular formula is C30H27F3O11S. The molecular weight excluding hydrogens is 625 g/mol. The third kappa shape index (κ3) is 7.34. The van der Waals surface area contributed by atoms with Gasteiger partial charge in [0.05, 0.1) is 17.4 Å². The van der Waals surface area contributed by atoms with Crippen molar-refractivity contribution in [2.75, 3.05) is 12.4 Å². The van der Waals surface area contributed by atoms with Gasteiger partial charge in [0.2, 0.25) is 0 Å². The van der Waals surface area contributed by atoms with E-state index in [1.807, 2.05) is 0 Å². The van der Waals surface area contributed by atoms with Crippen LogP contribution in [0.1, 0.15) is 36.2 Å². The largest absolute Gasteiger partial charge is 0.573 e. The number of ether oxygens (including phenoxy) is 5. The fourth-order valence-corrected chi connectivity index (χ4v) is 6.27. The molecule has 5 rings (SSSR count). The summed E-state index contributed by atoms with van der Waals surface area (Å²) in [5.74, 6) is -2.05. The normalized spacial score (nSPS) is 25.2. The first-order valence-electron chi connectivity index (χ1n) is 13.7. The van der Waals surface area contributed by atoms with Crippen molar-refractivity contribution < 1.29 is 64.2 Å². The predicted octanol–water partition coefficient (Wildman–Crippen LogP) is 3.56. The average molecular weight is 653 g/mol. The Hall–Kier alpha value is -4.29. The van der Waals surface area contributed by atoms with Gasteiger partial charge in [-0.2, -0.15) is 8.42 Å². The molecule has 6 atom stereocenters. The van der Waals surface area contributed by atoms with E-state index < -0.39 is 99.7 Å². The molecule has 6 unspecified atom stereocenters. The van der Waals surface area contributed by atoms with E-state index in [1.165, 1.54) is 13.8 Å². The van der Waals surface area contributed by atoms with Crippen LogP contribution in [0.5, 0.6) is 11.5 Å². The zero-order valence-electron chi connectivity index (χ0n) is 23.8. The molecule has 11 nitrogen and oxygen atoms in total. The summed E-state index contributed by atoms with van der Waals surface area (Å²) in [4.78, 5) is 38.7. The minimum Gasteiger partial charge on any atom is -0.471 e. The zero-order chi connectivity index (χ0) is 32.7. The average Bonchev–Trinajstić information content (AvgIpc) is 3.56. The van der Waals surface area contributed by atoms with E-state index in [4.69, 9.17) is 23.5 Å². The van der Waals surface area contributed by atoms with Crippen LogP contribution < -0.4 is 9.47 Å². The summed E-state index contributed by atoms with van der Waals surface area (Å²) >= 11 is 0. The maximum atomic E-state index is 13.3. The van der Waals surface area contributed by atoms with Gasteiger partial charge in [0, 0.05) is 17.4 Å². The maximum absolute atomic E-state index is 13.3. The van der Waals surface area contributed by atoms with Crippen LogP contribution in [0.2, 0.25) is 0 Å². The lowest BCUT2D eigenvalue weighted by Crippen LogP contribution is -2.44. The Morgan fingerprint density at radius 1 is 1.04 bits per heavy atom. The SMILES string of the molecule is CC(C)(C#Cc1ccccc1)Oc1cc(C(=O)OC2C3CC4C2OC(=O)C4C3C(=O)OCCS(=O)(=O)O)ccc1OC(F)(F)F. The van der Waals surface area contributed by atoms with Crippen molar-refractivity contribution in [3.05, 3.63) is 59.7 Å². The van der Waals surface area contributed by atoms with Gasteiger partial charge < -0.3 is 23.7 Å². The van der Waals surface area contributed by atoms with Crippen LogP contribution in [0.3, 0.4) is 0 Å². The smallest absolute Gasteiger partial charge is 0.471 e. The van der Waals surface area contributed by atoms with Gasteiger partial charge in [0.15, 0.2) is 17.1 Å². The quantitative estimate of drug-likeness (QED) is 0.183. The molecule has 15 heteroatoms. The minimum absolute atomic E-state index is 0.220. The first kappa shape index (κ1) is 32.1. The number of halogens is 3. The Balaban J connectivity index is 1.36. The lowest BCUT2D eigenvalue weighted by molar-refractivity contribution is -0.275. The molecule has 1 heterocycles. The van der Waals surface area contributed by atoms with E-state index in [2.05, 4.69) is 16.6 Å². The fourth-order valence-electron chi connectivity index (χ4n) is 5.97. The highest BCUT2D eigenvalue weighted by Crippen LogP contribution is 2.59. The Morgan fingerprint density at radius 2 is 1.76 bits per heavy atom. The summed E-state index contributed by atoms with van der Waals surface area (Å²) in [5.41, 5.74) is -0.926. The highest BCUT2D eigenvalue weighted by molar-refractivity contribution is 7.85. The van der Waals surface area contributed by atoms with Gasteiger partial charge in [-0.15, -0.1) is 13.2 Å². The first-order chi connectivity index (χ1) is 21.0. The van der Waals surface area contributed by atoms with Gasteiger partial charge in [-0.25, -0.2) is 4.79 Å². The number of carbonyl (C=O) groups is 3. The number of hydrogen-bond acceptors (Lipinski definition) is 10. The molecule has 45 heavy (non-hydrogen) atoms. The van der Waals surface area contributed by atoms with E-state index in [1.54, 1.807) is 30.3 Å². The van der Waals surface area contributed by atoms with Crippen LogP contribution in [0, 0.1) is 35.5 Å². The van der Waals surface area contributed by atoms with Crippen molar-refractivity contribution in [2.24, 2.45) is 23.7 Å². The molecule has 1 aliphatic heterocycles. The summed E-state index contributed by atoms with van der Waals surface area (Å²) < 4.78 is 96.4. The lowest BCUT2D eigenvalue weighted by Gasteiger charge is -2.30. The Bertz CT molecular complexity index is 1660. The van der Waals surface area contributed by atoms with Crippen molar-refractivity contribution in [2.45, 2.75) is 44.4 Å². The summed E-state index contributed by atoms with van der Waals surface area (Å²) in [7, 11) is -4.40. The molecule has 0 amide bonds. The van der Waals surface area contributed by atoms with Gasteiger partial charge in [-0.3, -0.25) is 14.1 Å². The predicted molar refractivity (Wildman–Crippen MR) is 146 cm³/mol. The van der Waals surface area contributed by atoms with Gasteiger partial charge in [-0.05, 0) is 50.6 Å². The standard InChI is InChI=1S/C30H27F3O11S/c1-29(2,11-10-16-6-4-3-5-7-16)43-21-14-17(8-9-20(21)44-30(31,32)33)26(34)41-24-18-15-19-23(28(36)42-25(19)24)22(18)27(35)40-12-13-45(37,38)39/h3-9,14,18-19,22-25H,12-13,15H2,1-2H3,(H,37,38,39). The molecule has 2 aromatic rings. The van der Waals surface area contributed by atoms with Crippen LogP contribution in [0.25, 0.3) is 0 Å². The topological polar surface area (TPSA) is 152 Å². The Labute approximate surface area is 255 Å². The zero-order valence-corrected chi connectivity index (χ0v) is 24.6. The Morgan fingerprint density at radius 3 is 2.42 bits per heavy atom. The van der Waals surface area contributed by atoms with Crippen LogP contribution >= 0.6 is 0 Å². The van der Waals surface area contributed by atoms with E-state index in [-0.39, 0.29) is 12.0 Å². The highest BCUT2D eigenvalue weighted by atomic mass is 32.2. The minimum atomic E-state index is -5.07.